The van der Waals surface area contributed by atoms with Gasteiger partial charge in [0.15, 0.2) is 0 Å². The number of carbonyl (C=O) groups excluding carboxylic acids is 1. The van der Waals surface area contributed by atoms with Crippen molar-refractivity contribution in [1.29, 1.82) is 0 Å². The molecule has 1 heterocycles. The molecule has 0 fully saturated rings. The van der Waals surface area contributed by atoms with Crippen molar-refractivity contribution < 1.29 is 35.6 Å². The summed E-state index contributed by atoms with van der Waals surface area (Å²) in [5, 5.41) is 12.7. The Kier molecular flexibility index (Phi) is 7.95. The summed E-state index contributed by atoms with van der Waals surface area (Å²) < 4.78 is 84.7. The molecule has 0 aliphatic rings. The highest BCUT2D eigenvalue weighted by molar-refractivity contribution is 7.98. The number of amides is 2. The van der Waals surface area contributed by atoms with Gasteiger partial charge in [0.05, 0.1) is 11.1 Å². The molecule has 1 aromatic heterocycles. The smallest absolute Gasteiger partial charge is 0.413 e. The van der Waals surface area contributed by atoms with Crippen LogP contribution >= 0.6 is 11.8 Å². The minimum absolute atomic E-state index is 0.0249. The molecule has 6 nitrogen and oxygen atoms in total. The van der Waals surface area contributed by atoms with Crippen LogP contribution in [0.3, 0.4) is 0 Å². The van der Waals surface area contributed by atoms with Gasteiger partial charge in [0, 0.05) is 11.4 Å². The molecule has 2 amide bonds. The molecule has 1 atom stereocenters. The largest absolute Gasteiger partial charge is 0.416 e. The van der Waals surface area contributed by atoms with E-state index >= 15 is 0 Å². The molecule has 4 aromatic rings. The first-order valence-electron chi connectivity index (χ1n) is 10.9. The molecular formula is C25H18F6N4O2S. The first-order chi connectivity index (χ1) is 18.0. The monoisotopic (exact) mass is 552 g/mol. The summed E-state index contributed by atoms with van der Waals surface area (Å²) in [6.45, 7) is 0. The lowest BCUT2D eigenvalue weighted by Crippen LogP contribution is -2.33. The van der Waals surface area contributed by atoms with E-state index in [0.717, 1.165) is 5.56 Å². The zero-order valence-corrected chi connectivity index (χ0v) is 20.0. The van der Waals surface area contributed by atoms with Crippen LogP contribution in [0.4, 0.5) is 36.8 Å². The second-order valence-corrected chi connectivity index (χ2v) is 8.84. The van der Waals surface area contributed by atoms with E-state index in [-0.39, 0.29) is 17.2 Å². The molecule has 0 aliphatic heterocycles. The molecule has 13 heteroatoms. The van der Waals surface area contributed by atoms with Gasteiger partial charge in [-0.05, 0) is 29.3 Å². The average Bonchev–Trinajstić information content (AvgIpc) is 3.35. The van der Waals surface area contributed by atoms with Crippen molar-refractivity contribution in [3.05, 3.63) is 107 Å². The standard InChI is InChI=1S/C25H18F6N4O2S/c26-24(27,28)17-11-18(25(29,30)31)13-19(12-17)32-22(36)33-20(16-9-5-2-6-10-16)21-34-35-23(37-21)38-14-15-7-3-1-4-8-15/h1-13,20H,14H2,(H2,32,33,36). The minimum atomic E-state index is -5.06. The molecule has 0 saturated carbocycles. The molecule has 4 rings (SSSR count). The molecule has 3 aromatic carbocycles. The topological polar surface area (TPSA) is 80.0 Å². The Morgan fingerprint density at radius 1 is 0.842 bits per heavy atom. The summed E-state index contributed by atoms with van der Waals surface area (Å²) in [7, 11) is 0. The maximum Gasteiger partial charge on any atom is 0.416 e. The quantitative estimate of drug-likeness (QED) is 0.186. The predicted molar refractivity (Wildman–Crippen MR) is 127 cm³/mol. The van der Waals surface area contributed by atoms with Gasteiger partial charge in [-0.3, -0.25) is 0 Å². The third kappa shape index (κ3) is 7.06. The third-order valence-corrected chi connectivity index (χ3v) is 6.02. The summed E-state index contributed by atoms with van der Waals surface area (Å²) in [4.78, 5) is 12.7. The number of nitrogens with one attached hydrogen (secondary N) is 2. The van der Waals surface area contributed by atoms with Gasteiger partial charge in [-0.15, -0.1) is 10.2 Å². The van der Waals surface area contributed by atoms with E-state index in [0.29, 0.717) is 23.4 Å². The number of aromatic nitrogens is 2. The molecular weight excluding hydrogens is 534 g/mol. The van der Waals surface area contributed by atoms with Crippen LogP contribution in [0.25, 0.3) is 0 Å². The van der Waals surface area contributed by atoms with Crippen LogP contribution in [0.15, 0.2) is 88.5 Å². The van der Waals surface area contributed by atoms with Crippen molar-refractivity contribution in [2.75, 3.05) is 5.32 Å². The summed E-state index contributed by atoms with van der Waals surface area (Å²) in [5.74, 6) is 0.505. The highest BCUT2D eigenvalue weighted by Crippen LogP contribution is 2.37. The Labute approximate surface area is 216 Å². The van der Waals surface area contributed by atoms with Crippen LogP contribution in [-0.4, -0.2) is 16.2 Å². The fourth-order valence-electron chi connectivity index (χ4n) is 3.37. The molecule has 0 saturated heterocycles. The fourth-order valence-corrected chi connectivity index (χ4v) is 4.10. The Hall–Kier alpha value is -4.00. The number of urea groups is 1. The number of halogens is 6. The molecule has 0 aliphatic carbocycles. The Bertz CT molecular complexity index is 1350. The second-order valence-electron chi connectivity index (χ2n) is 7.92. The van der Waals surface area contributed by atoms with E-state index in [1.165, 1.54) is 11.8 Å². The first kappa shape index (κ1) is 27.0. The maximum atomic E-state index is 13.2. The van der Waals surface area contributed by atoms with Gasteiger partial charge in [-0.2, -0.15) is 26.3 Å². The van der Waals surface area contributed by atoms with Crippen LogP contribution in [0.1, 0.15) is 34.2 Å². The molecule has 0 spiro atoms. The molecule has 198 valence electrons. The first-order valence-corrected chi connectivity index (χ1v) is 11.9. The van der Waals surface area contributed by atoms with E-state index in [9.17, 15) is 31.1 Å². The molecule has 0 radical (unpaired) electrons. The Balaban J connectivity index is 1.55. The average molecular weight is 553 g/mol. The van der Waals surface area contributed by atoms with E-state index in [2.05, 4.69) is 15.5 Å². The lowest BCUT2D eigenvalue weighted by molar-refractivity contribution is -0.143. The second kappa shape index (κ2) is 11.2. The highest BCUT2D eigenvalue weighted by Gasteiger charge is 2.37. The van der Waals surface area contributed by atoms with Crippen LogP contribution in [0, 0.1) is 0 Å². The van der Waals surface area contributed by atoms with Gasteiger partial charge in [-0.1, -0.05) is 72.4 Å². The molecule has 0 bridgehead atoms. The minimum Gasteiger partial charge on any atom is -0.413 e. The number of benzene rings is 3. The van der Waals surface area contributed by atoms with Crippen LogP contribution in [-0.2, 0) is 18.1 Å². The van der Waals surface area contributed by atoms with Gasteiger partial charge in [0.1, 0.15) is 6.04 Å². The Morgan fingerprint density at radius 2 is 1.42 bits per heavy atom. The van der Waals surface area contributed by atoms with Crippen molar-refractivity contribution in [2.24, 2.45) is 0 Å². The summed E-state index contributed by atoms with van der Waals surface area (Å²) in [6.07, 6.45) is -10.1. The number of nitrogens with zero attached hydrogens (tertiary/aromatic N) is 2. The van der Waals surface area contributed by atoms with Crippen LogP contribution < -0.4 is 10.6 Å². The van der Waals surface area contributed by atoms with Crippen LogP contribution in [0.5, 0.6) is 0 Å². The normalized spacial score (nSPS) is 12.7. The fraction of sp³-hybridized carbons (Fsp3) is 0.160. The van der Waals surface area contributed by atoms with Gasteiger partial charge < -0.3 is 15.1 Å². The van der Waals surface area contributed by atoms with E-state index in [1.807, 2.05) is 35.6 Å². The lowest BCUT2D eigenvalue weighted by Gasteiger charge is -2.18. The number of anilines is 1. The van der Waals surface area contributed by atoms with Gasteiger partial charge in [0.25, 0.3) is 5.22 Å². The molecule has 38 heavy (non-hydrogen) atoms. The van der Waals surface area contributed by atoms with E-state index < -0.39 is 41.2 Å². The van der Waals surface area contributed by atoms with Crippen molar-refractivity contribution in [3.63, 3.8) is 0 Å². The third-order valence-electron chi connectivity index (χ3n) is 5.13. The molecule has 2 N–H and O–H groups in total. The summed E-state index contributed by atoms with van der Waals surface area (Å²) in [5.41, 5.74) is -2.31. The zero-order chi connectivity index (χ0) is 27.3. The number of hydrogen-bond acceptors (Lipinski definition) is 5. The van der Waals surface area contributed by atoms with Gasteiger partial charge in [0.2, 0.25) is 5.89 Å². The SMILES string of the molecule is O=C(Nc1cc(C(F)(F)F)cc(C(F)(F)F)c1)NC(c1ccccc1)c1nnc(SCc2ccccc2)o1. The predicted octanol–water partition coefficient (Wildman–Crippen LogP) is 7.31. The maximum absolute atomic E-state index is 13.2. The molecule has 1 unspecified atom stereocenters. The van der Waals surface area contributed by atoms with Gasteiger partial charge >= 0.3 is 18.4 Å². The van der Waals surface area contributed by atoms with E-state index in [1.54, 1.807) is 30.3 Å². The van der Waals surface area contributed by atoms with Gasteiger partial charge in [-0.25, -0.2) is 4.79 Å². The van der Waals surface area contributed by atoms with Crippen molar-refractivity contribution in [2.45, 2.75) is 29.4 Å². The van der Waals surface area contributed by atoms with E-state index in [4.69, 9.17) is 4.42 Å². The number of hydrogen-bond donors (Lipinski definition) is 2. The highest BCUT2D eigenvalue weighted by atomic mass is 32.2. The summed E-state index contributed by atoms with van der Waals surface area (Å²) in [6, 6.07) is 16.5. The van der Waals surface area contributed by atoms with Crippen LogP contribution in [0.2, 0.25) is 0 Å². The summed E-state index contributed by atoms with van der Waals surface area (Å²) >= 11 is 1.25. The Morgan fingerprint density at radius 3 is 2.00 bits per heavy atom. The number of carbonyl (C=O) groups is 1. The number of thioether (sulfide) groups is 1. The lowest BCUT2D eigenvalue weighted by atomic mass is 10.1. The van der Waals surface area contributed by atoms with Crippen molar-refractivity contribution >= 4 is 23.5 Å². The zero-order valence-electron chi connectivity index (χ0n) is 19.2. The number of alkyl halides is 6. The number of rotatable bonds is 7. The van der Waals surface area contributed by atoms with Crippen molar-refractivity contribution in [1.82, 2.24) is 15.5 Å². The van der Waals surface area contributed by atoms with Crippen molar-refractivity contribution in [3.8, 4) is 0 Å².